The van der Waals surface area contributed by atoms with Crippen molar-refractivity contribution in [2.45, 2.75) is 50.2 Å². The Morgan fingerprint density at radius 3 is 1.57 bits per heavy atom. The summed E-state index contributed by atoms with van der Waals surface area (Å²) in [5.74, 6) is 0.591. The summed E-state index contributed by atoms with van der Waals surface area (Å²) >= 11 is 0. The van der Waals surface area contributed by atoms with Crippen molar-refractivity contribution in [3.8, 4) is 11.5 Å². The van der Waals surface area contributed by atoms with Crippen LogP contribution in [0, 0.1) is 0 Å². The zero-order chi connectivity index (χ0) is 33.3. The maximum Gasteiger partial charge on any atom is 0.590 e. The van der Waals surface area contributed by atoms with Gasteiger partial charge in [-0.25, -0.2) is 9.09 Å². The second-order valence-electron chi connectivity index (χ2n) is 11.6. The first kappa shape index (κ1) is 33.2. The molecule has 9 nitrogen and oxygen atoms in total. The van der Waals surface area contributed by atoms with Gasteiger partial charge in [-0.2, -0.15) is 0 Å². The number of phosphoric ester groups is 1. The van der Waals surface area contributed by atoms with E-state index in [2.05, 4.69) is 0 Å². The molecular formula is C39H37O9P. The van der Waals surface area contributed by atoms with E-state index in [1.54, 1.807) is 48.5 Å². The van der Waals surface area contributed by atoms with E-state index in [4.69, 9.17) is 37.3 Å². The van der Waals surface area contributed by atoms with Crippen LogP contribution >= 0.6 is 7.82 Å². The molecule has 0 aromatic heterocycles. The number of fused-ring (bicyclic) bond motifs is 1. The lowest BCUT2D eigenvalue weighted by atomic mass is 9.97. The predicted octanol–water partition coefficient (Wildman–Crippen LogP) is 8.28. The van der Waals surface area contributed by atoms with Gasteiger partial charge in [-0.15, -0.1) is 0 Å². The highest BCUT2D eigenvalue weighted by Gasteiger charge is 2.54. The first-order chi connectivity index (χ1) is 24.1. The number of para-hydroxylation sites is 2. The molecule has 0 aliphatic carbocycles. The Morgan fingerprint density at radius 2 is 1.04 bits per heavy atom. The summed E-state index contributed by atoms with van der Waals surface area (Å²) in [6, 6.07) is 46.7. The highest BCUT2D eigenvalue weighted by atomic mass is 31.2. The van der Waals surface area contributed by atoms with Gasteiger partial charge in [-0.05, 0) is 35.4 Å². The van der Waals surface area contributed by atoms with Gasteiger partial charge < -0.3 is 32.7 Å². The lowest BCUT2D eigenvalue weighted by molar-refractivity contribution is -0.362. The number of rotatable bonds is 13. The topological polar surface area (TPSA) is 90.9 Å². The van der Waals surface area contributed by atoms with Crippen LogP contribution in [0.15, 0.2) is 152 Å². The quantitative estimate of drug-likeness (QED) is 0.114. The molecule has 2 heterocycles. The minimum absolute atomic E-state index is 0.157. The van der Waals surface area contributed by atoms with Gasteiger partial charge in [0, 0.05) is 5.56 Å². The summed E-state index contributed by atoms with van der Waals surface area (Å²) < 4.78 is 65.4. The molecule has 5 aromatic rings. The summed E-state index contributed by atoms with van der Waals surface area (Å²) in [5, 5.41) is 0. The maximum atomic E-state index is 14.6. The van der Waals surface area contributed by atoms with Gasteiger partial charge in [0.2, 0.25) is 6.29 Å². The summed E-state index contributed by atoms with van der Waals surface area (Å²) in [6.45, 7) is 0.606. The van der Waals surface area contributed by atoms with Crippen molar-refractivity contribution in [1.82, 2.24) is 0 Å². The van der Waals surface area contributed by atoms with E-state index in [9.17, 15) is 4.57 Å². The third-order valence-electron chi connectivity index (χ3n) is 8.08. The van der Waals surface area contributed by atoms with Gasteiger partial charge in [-0.1, -0.05) is 127 Å². The molecule has 0 saturated carbocycles. The van der Waals surface area contributed by atoms with Gasteiger partial charge in [-0.3, -0.25) is 0 Å². The van der Waals surface area contributed by atoms with Crippen LogP contribution in [0.3, 0.4) is 0 Å². The maximum absolute atomic E-state index is 14.6. The van der Waals surface area contributed by atoms with Crippen LogP contribution in [0.4, 0.5) is 0 Å². The summed E-state index contributed by atoms with van der Waals surface area (Å²) in [5.41, 5.74) is 2.74. The Balaban J connectivity index is 1.23. The Labute approximate surface area is 285 Å². The lowest BCUT2D eigenvalue weighted by Gasteiger charge is -2.48. The van der Waals surface area contributed by atoms with Crippen LogP contribution in [0.1, 0.15) is 23.0 Å². The van der Waals surface area contributed by atoms with Crippen LogP contribution in [0.25, 0.3) is 0 Å². The van der Waals surface area contributed by atoms with Crippen molar-refractivity contribution in [2.24, 2.45) is 0 Å². The molecule has 6 atom stereocenters. The molecule has 5 aromatic carbocycles. The molecule has 49 heavy (non-hydrogen) atoms. The molecule has 0 N–H and O–H groups in total. The van der Waals surface area contributed by atoms with E-state index < -0.39 is 44.8 Å². The largest absolute Gasteiger partial charge is 0.590 e. The third-order valence-corrected chi connectivity index (χ3v) is 9.41. The molecule has 2 saturated heterocycles. The normalized spacial score (nSPS) is 23.7. The summed E-state index contributed by atoms with van der Waals surface area (Å²) in [6.07, 6.45) is -4.91. The van der Waals surface area contributed by atoms with Crippen molar-refractivity contribution in [3.63, 3.8) is 0 Å². The number of hydrogen-bond acceptors (Lipinski definition) is 9. The van der Waals surface area contributed by atoms with E-state index in [1.807, 2.05) is 103 Å². The van der Waals surface area contributed by atoms with Crippen LogP contribution in [0.2, 0.25) is 0 Å². The molecule has 0 spiro atoms. The third kappa shape index (κ3) is 8.65. The van der Waals surface area contributed by atoms with Crippen molar-refractivity contribution in [2.75, 3.05) is 6.61 Å². The standard InChI is InChI=1S/C39H37O9P/c40-49(46-32-22-12-4-13-23-32,47-33-24-14-5-15-25-33)48-39-37(42-27-30-18-8-2-9-19-30)36(41-26-29-16-6-1-7-17-29)35-34(44-39)28-43-38(45-35)31-20-10-3-11-21-31/h1-25,34-39H,26-28H2/t34-,35-,36+,37+,38?,39-/m1/s1. The number of ether oxygens (including phenoxy) is 5. The molecular weight excluding hydrogens is 643 g/mol. The summed E-state index contributed by atoms with van der Waals surface area (Å²) in [4.78, 5) is 0. The highest BCUT2D eigenvalue weighted by molar-refractivity contribution is 7.49. The zero-order valence-corrected chi connectivity index (χ0v) is 27.5. The van der Waals surface area contributed by atoms with E-state index >= 15 is 0 Å². The van der Waals surface area contributed by atoms with Gasteiger partial charge in [0.05, 0.1) is 19.8 Å². The molecule has 2 fully saturated rings. The van der Waals surface area contributed by atoms with Gasteiger partial charge >= 0.3 is 7.82 Å². The van der Waals surface area contributed by atoms with Crippen molar-refractivity contribution in [3.05, 3.63) is 168 Å². The fraction of sp³-hybridized carbons (Fsp3) is 0.231. The number of benzene rings is 5. The molecule has 7 rings (SSSR count). The van der Waals surface area contributed by atoms with E-state index in [1.165, 1.54) is 0 Å². The second-order valence-corrected chi connectivity index (χ2v) is 13.1. The SMILES string of the molecule is O=P(Oc1ccccc1)(Oc1ccccc1)O[C@H]1O[C@@H]2COC(c3ccccc3)O[C@H]2[C@H](OCc2ccccc2)[C@@H]1OCc1ccccc1. The average molecular weight is 681 g/mol. The Morgan fingerprint density at radius 1 is 0.571 bits per heavy atom. The zero-order valence-electron chi connectivity index (χ0n) is 26.6. The van der Waals surface area contributed by atoms with Crippen LogP contribution in [-0.4, -0.2) is 37.3 Å². The van der Waals surface area contributed by atoms with E-state index in [0.29, 0.717) is 11.5 Å². The Bertz CT molecular complexity index is 1720. The van der Waals surface area contributed by atoms with Crippen molar-refractivity contribution < 1.29 is 41.8 Å². The first-order valence-corrected chi connectivity index (χ1v) is 17.6. The predicted molar refractivity (Wildman–Crippen MR) is 182 cm³/mol. The molecule has 0 bridgehead atoms. The van der Waals surface area contributed by atoms with Gasteiger partial charge in [0.1, 0.15) is 35.9 Å². The van der Waals surface area contributed by atoms with Crippen molar-refractivity contribution in [1.29, 1.82) is 0 Å². The Kier molecular flexibility index (Phi) is 10.8. The van der Waals surface area contributed by atoms with Gasteiger partial charge in [0.15, 0.2) is 6.29 Å². The first-order valence-electron chi connectivity index (χ1n) is 16.2. The molecule has 10 heteroatoms. The minimum atomic E-state index is -4.42. The smallest absolute Gasteiger partial charge is 0.395 e. The van der Waals surface area contributed by atoms with Crippen molar-refractivity contribution >= 4 is 7.82 Å². The fourth-order valence-electron chi connectivity index (χ4n) is 5.72. The average Bonchev–Trinajstić information content (AvgIpc) is 3.15. The van der Waals surface area contributed by atoms with E-state index in [0.717, 1.165) is 16.7 Å². The molecule has 2 aliphatic rings. The monoisotopic (exact) mass is 680 g/mol. The second kappa shape index (κ2) is 15.9. The molecule has 1 unspecified atom stereocenters. The fourth-order valence-corrected chi connectivity index (χ4v) is 7.03. The summed E-state index contributed by atoms with van der Waals surface area (Å²) in [7, 11) is -4.42. The molecule has 2 aliphatic heterocycles. The number of hydrogen-bond donors (Lipinski definition) is 0. The lowest BCUT2D eigenvalue weighted by Crippen LogP contribution is -2.63. The molecule has 252 valence electrons. The van der Waals surface area contributed by atoms with Crippen LogP contribution < -0.4 is 9.05 Å². The Hall–Kier alpha value is -4.31. The van der Waals surface area contributed by atoms with Crippen LogP contribution in [0.5, 0.6) is 11.5 Å². The van der Waals surface area contributed by atoms with Crippen LogP contribution in [-0.2, 0) is 46.0 Å². The van der Waals surface area contributed by atoms with Gasteiger partial charge in [0.25, 0.3) is 0 Å². The minimum Gasteiger partial charge on any atom is -0.395 e. The van der Waals surface area contributed by atoms with E-state index in [-0.39, 0.29) is 19.8 Å². The molecule has 0 amide bonds. The highest BCUT2D eigenvalue weighted by Crippen LogP contribution is 2.52. The number of phosphoric acid groups is 1. The molecule has 0 radical (unpaired) electrons.